The molecule has 0 spiro atoms. The summed E-state index contributed by atoms with van der Waals surface area (Å²) < 4.78 is 4.55. The first kappa shape index (κ1) is 32.4. The molecule has 0 saturated carbocycles. The molecule has 0 atom stereocenters. The van der Waals surface area contributed by atoms with Gasteiger partial charge in [0.05, 0.1) is 80.7 Å². The van der Waals surface area contributed by atoms with E-state index in [4.69, 9.17) is 4.98 Å². The van der Waals surface area contributed by atoms with E-state index in [0.29, 0.717) is 16.7 Å². The van der Waals surface area contributed by atoms with E-state index in [1.54, 1.807) is 0 Å². The van der Waals surface area contributed by atoms with E-state index in [-0.39, 0.29) is 0 Å². The molecule has 56 heavy (non-hydrogen) atoms. The van der Waals surface area contributed by atoms with Gasteiger partial charge in [-0.25, -0.2) is 0 Å². The number of hydrogen-bond acceptors (Lipinski definition) is 4. The molecular formula is C50H28N6. The number of hydrogen-bond donors (Lipinski definition) is 0. The molecule has 0 N–H and O–H groups in total. The molecule has 0 radical (unpaired) electrons. The van der Waals surface area contributed by atoms with E-state index in [2.05, 4.69) is 112 Å². The molecule has 0 bridgehead atoms. The fourth-order valence-electron chi connectivity index (χ4n) is 8.24. The molecule has 10 rings (SSSR count). The molecule has 0 aliphatic carbocycles. The van der Waals surface area contributed by atoms with Crippen LogP contribution >= 0.6 is 0 Å². The quantitative estimate of drug-likeness (QED) is 0.177. The smallest absolute Gasteiger partial charge is 0.0998 e. The Labute approximate surface area is 322 Å². The van der Waals surface area contributed by atoms with Crippen molar-refractivity contribution in [1.82, 2.24) is 14.1 Å². The highest BCUT2D eigenvalue weighted by atomic mass is 15.0. The van der Waals surface area contributed by atoms with Crippen LogP contribution in [0.4, 0.5) is 0 Å². The molecule has 258 valence electrons. The average Bonchev–Trinajstić information content (AvgIpc) is 3.78. The van der Waals surface area contributed by atoms with E-state index in [0.717, 1.165) is 88.4 Å². The van der Waals surface area contributed by atoms with Crippen LogP contribution in [0.25, 0.3) is 88.4 Å². The lowest BCUT2D eigenvalue weighted by atomic mass is 9.98. The Morgan fingerprint density at radius 2 is 0.821 bits per heavy atom. The SMILES string of the molecule is N#Cc1ccc(-c2c(-n3c4ccccc4c4ccc(-c5ccccc5C#N)cc43)cncc2-n2c3ccccc3c3ccc(-c4ccccc4C#N)cc32)cc1. The summed E-state index contributed by atoms with van der Waals surface area (Å²) in [6, 6.07) is 59.7. The van der Waals surface area contributed by atoms with Crippen molar-refractivity contribution in [1.29, 1.82) is 15.8 Å². The Kier molecular flexibility index (Phi) is 7.53. The van der Waals surface area contributed by atoms with Crippen molar-refractivity contribution in [2.45, 2.75) is 0 Å². The maximum atomic E-state index is 10.0. The van der Waals surface area contributed by atoms with Crippen molar-refractivity contribution < 1.29 is 0 Å². The fraction of sp³-hybridized carbons (Fsp3) is 0. The molecule has 0 fully saturated rings. The topological polar surface area (TPSA) is 94.1 Å². The van der Waals surface area contributed by atoms with Crippen molar-refractivity contribution in [3.63, 3.8) is 0 Å². The number of aromatic nitrogens is 3. The molecule has 3 heterocycles. The lowest BCUT2D eigenvalue weighted by Gasteiger charge is -2.20. The number of rotatable bonds is 5. The molecule has 10 aromatic rings. The summed E-state index contributed by atoms with van der Waals surface area (Å²) in [6.07, 6.45) is 3.84. The zero-order chi connectivity index (χ0) is 37.8. The summed E-state index contributed by atoms with van der Waals surface area (Å²) >= 11 is 0. The van der Waals surface area contributed by atoms with Gasteiger partial charge in [-0.15, -0.1) is 0 Å². The summed E-state index contributed by atoms with van der Waals surface area (Å²) in [6.45, 7) is 0. The molecule has 3 aromatic heterocycles. The van der Waals surface area contributed by atoms with Gasteiger partial charge in [0.2, 0.25) is 0 Å². The van der Waals surface area contributed by atoms with Crippen LogP contribution in [0.1, 0.15) is 16.7 Å². The first-order valence-corrected chi connectivity index (χ1v) is 18.2. The Bertz CT molecular complexity index is 3150. The van der Waals surface area contributed by atoms with Crippen LogP contribution in [-0.4, -0.2) is 14.1 Å². The number of para-hydroxylation sites is 2. The third-order valence-corrected chi connectivity index (χ3v) is 10.8. The zero-order valence-electron chi connectivity index (χ0n) is 29.8. The minimum Gasteiger partial charge on any atom is -0.307 e. The van der Waals surface area contributed by atoms with Crippen molar-refractivity contribution in [2.75, 3.05) is 0 Å². The third-order valence-electron chi connectivity index (χ3n) is 10.8. The molecule has 6 nitrogen and oxygen atoms in total. The minimum absolute atomic E-state index is 0.571. The van der Waals surface area contributed by atoms with Crippen LogP contribution in [-0.2, 0) is 0 Å². The first-order valence-electron chi connectivity index (χ1n) is 18.2. The van der Waals surface area contributed by atoms with Crippen LogP contribution in [0, 0.1) is 34.0 Å². The largest absolute Gasteiger partial charge is 0.307 e. The lowest BCUT2D eigenvalue weighted by Crippen LogP contribution is -2.05. The fourth-order valence-corrected chi connectivity index (χ4v) is 8.24. The minimum atomic E-state index is 0.571. The number of fused-ring (bicyclic) bond motifs is 6. The number of benzene rings is 7. The molecule has 0 amide bonds. The van der Waals surface area contributed by atoms with E-state index >= 15 is 0 Å². The number of pyridine rings is 1. The van der Waals surface area contributed by atoms with Crippen LogP contribution in [0.2, 0.25) is 0 Å². The molecular weight excluding hydrogens is 685 g/mol. The highest BCUT2D eigenvalue weighted by molar-refractivity contribution is 6.13. The summed E-state index contributed by atoms with van der Waals surface area (Å²) in [5.41, 5.74) is 13.0. The maximum absolute atomic E-state index is 10.0. The predicted molar refractivity (Wildman–Crippen MR) is 223 cm³/mol. The Hall–Kier alpha value is -8.24. The second-order valence-corrected chi connectivity index (χ2v) is 13.7. The third kappa shape index (κ3) is 4.97. The summed E-state index contributed by atoms with van der Waals surface area (Å²) in [5, 5.41) is 34.2. The van der Waals surface area contributed by atoms with E-state index < -0.39 is 0 Å². The molecule has 6 heteroatoms. The van der Waals surface area contributed by atoms with Gasteiger partial charge in [-0.1, -0.05) is 109 Å². The van der Waals surface area contributed by atoms with Crippen molar-refractivity contribution in [2.24, 2.45) is 0 Å². The van der Waals surface area contributed by atoms with Crippen LogP contribution in [0.5, 0.6) is 0 Å². The average molecular weight is 713 g/mol. The van der Waals surface area contributed by atoms with Gasteiger partial charge in [0.15, 0.2) is 0 Å². The summed E-state index contributed by atoms with van der Waals surface area (Å²) in [4.78, 5) is 4.98. The van der Waals surface area contributed by atoms with E-state index in [1.165, 1.54) is 0 Å². The van der Waals surface area contributed by atoms with Crippen LogP contribution < -0.4 is 0 Å². The maximum Gasteiger partial charge on any atom is 0.0998 e. The van der Waals surface area contributed by atoms with Gasteiger partial charge < -0.3 is 9.13 Å². The Balaban J connectivity index is 1.33. The summed E-state index contributed by atoms with van der Waals surface area (Å²) in [7, 11) is 0. The zero-order valence-corrected chi connectivity index (χ0v) is 29.8. The molecule has 0 aliphatic rings. The van der Waals surface area contributed by atoms with Gasteiger partial charge in [0.25, 0.3) is 0 Å². The molecule has 0 aliphatic heterocycles. The standard InChI is InChI=1S/C50H28N6/c51-27-32-17-19-33(20-18-32)50-48(55-44-15-7-5-13-40(44)42-23-21-34(25-46(42)55)38-11-3-1-9-36(38)28-52)30-54-31-49(50)56-45-16-8-6-14-41(45)43-24-22-35(26-47(43)56)39-12-4-2-10-37(39)29-53/h1-26,30-31H. The predicted octanol–water partition coefficient (Wildman–Crippen LogP) is 11.9. The van der Waals surface area contributed by atoms with Crippen LogP contribution in [0.3, 0.4) is 0 Å². The Morgan fingerprint density at radius 3 is 1.30 bits per heavy atom. The lowest BCUT2D eigenvalue weighted by molar-refractivity contribution is 1.09. The number of nitriles is 3. The van der Waals surface area contributed by atoms with Crippen LogP contribution in [0.15, 0.2) is 170 Å². The van der Waals surface area contributed by atoms with Gasteiger partial charge in [-0.3, -0.25) is 4.98 Å². The van der Waals surface area contributed by atoms with E-state index in [9.17, 15) is 15.8 Å². The summed E-state index contributed by atoms with van der Waals surface area (Å²) in [5.74, 6) is 0. The van der Waals surface area contributed by atoms with Gasteiger partial charge >= 0.3 is 0 Å². The second-order valence-electron chi connectivity index (χ2n) is 13.7. The molecule has 0 unspecified atom stereocenters. The van der Waals surface area contributed by atoms with Crippen molar-refractivity contribution in [3.05, 3.63) is 187 Å². The van der Waals surface area contributed by atoms with Gasteiger partial charge in [-0.05, 0) is 76.3 Å². The second kappa shape index (κ2) is 13.0. The van der Waals surface area contributed by atoms with Gasteiger partial charge in [-0.2, -0.15) is 15.8 Å². The first-order chi connectivity index (χ1) is 27.7. The monoisotopic (exact) mass is 712 g/mol. The Morgan fingerprint density at radius 1 is 0.393 bits per heavy atom. The molecule has 7 aromatic carbocycles. The highest BCUT2D eigenvalue weighted by Gasteiger charge is 2.23. The van der Waals surface area contributed by atoms with E-state index in [1.807, 2.05) is 85.2 Å². The van der Waals surface area contributed by atoms with Crippen molar-refractivity contribution in [3.8, 4) is 63.0 Å². The molecule has 0 saturated heterocycles. The van der Waals surface area contributed by atoms with Crippen molar-refractivity contribution >= 4 is 43.6 Å². The van der Waals surface area contributed by atoms with Gasteiger partial charge in [0.1, 0.15) is 0 Å². The normalized spacial score (nSPS) is 11.2. The number of nitrogens with zero attached hydrogens (tertiary/aromatic N) is 6. The highest BCUT2D eigenvalue weighted by Crippen LogP contribution is 2.43. The van der Waals surface area contributed by atoms with Gasteiger partial charge in [0, 0.05) is 27.1 Å².